The number of alkyl halides is 3. The first-order valence-electron chi connectivity index (χ1n) is 13.7. The van der Waals surface area contributed by atoms with Gasteiger partial charge in [-0.3, -0.25) is 9.78 Å². The summed E-state index contributed by atoms with van der Waals surface area (Å²) in [5.41, 5.74) is -0.651. The second-order valence-corrected chi connectivity index (χ2v) is 11.1. The minimum absolute atomic E-state index is 0.0165. The van der Waals surface area contributed by atoms with Crippen molar-refractivity contribution in [3.05, 3.63) is 129 Å². The molecule has 0 saturated carbocycles. The van der Waals surface area contributed by atoms with Crippen LogP contribution in [-0.2, 0) is 11.2 Å². The standard InChI is InChI=1S/C33H21Cl2F6N3O3/c34-22-12-18(36)13-23(35)27(22)20-9-8-17(29-21(20)7-4-10-42-29)11-26(32(46)47)44-31(45)28-24(37)14-19(15-25(28)38)43-30(33(39,40)41)16-5-2-1-3-6-16/h1-10,12-15,26,30,43H,11H2,(H,44,45)(H,46,47). The molecule has 0 saturated heterocycles. The number of fused-ring (bicyclic) bond motifs is 1. The lowest BCUT2D eigenvalue weighted by molar-refractivity contribution is -0.144. The normalized spacial score (nSPS) is 12.9. The number of aliphatic carboxylic acids is 1. The molecule has 5 aromatic rings. The molecule has 0 aliphatic heterocycles. The maximum Gasteiger partial charge on any atom is 0.412 e. The number of amides is 1. The molecule has 0 bridgehead atoms. The first-order valence-corrected chi connectivity index (χ1v) is 14.4. The molecular weight excluding hydrogens is 671 g/mol. The Morgan fingerprint density at radius 1 is 0.872 bits per heavy atom. The van der Waals surface area contributed by atoms with E-state index in [-0.39, 0.29) is 21.1 Å². The van der Waals surface area contributed by atoms with Crippen molar-refractivity contribution >= 4 is 51.7 Å². The van der Waals surface area contributed by atoms with Gasteiger partial charge in [0, 0.05) is 29.3 Å². The van der Waals surface area contributed by atoms with E-state index in [0.29, 0.717) is 34.2 Å². The second-order valence-electron chi connectivity index (χ2n) is 10.3. The van der Waals surface area contributed by atoms with Crippen LogP contribution in [0.15, 0.2) is 85.1 Å². The zero-order valence-electron chi connectivity index (χ0n) is 23.7. The zero-order valence-corrected chi connectivity index (χ0v) is 25.2. The van der Waals surface area contributed by atoms with Crippen LogP contribution in [0, 0.1) is 17.5 Å². The largest absolute Gasteiger partial charge is 0.480 e. The minimum atomic E-state index is -4.84. The lowest BCUT2D eigenvalue weighted by Gasteiger charge is -2.23. The second kappa shape index (κ2) is 13.5. The van der Waals surface area contributed by atoms with E-state index in [9.17, 15) is 32.3 Å². The summed E-state index contributed by atoms with van der Waals surface area (Å²) in [6.45, 7) is 0. The van der Waals surface area contributed by atoms with Crippen LogP contribution in [0.2, 0.25) is 10.0 Å². The molecule has 5 rings (SSSR count). The molecule has 1 heterocycles. The van der Waals surface area contributed by atoms with Crippen molar-refractivity contribution in [1.82, 2.24) is 10.3 Å². The summed E-state index contributed by atoms with van der Waals surface area (Å²) in [5, 5.41) is 14.5. The highest BCUT2D eigenvalue weighted by molar-refractivity contribution is 6.39. The van der Waals surface area contributed by atoms with Crippen LogP contribution in [0.4, 0.5) is 32.0 Å². The predicted octanol–water partition coefficient (Wildman–Crippen LogP) is 8.77. The molecule has 0 radical (unpaired) electrons. The van der Waals surface area contributed by atoms with Gasteiger partial charge in [-0.25, -0.2) is 18.0 Å². The van der Waals surface area contributed by atoms with Gasteiger partial charge in [0.1, 0.15) is 35.1 Å². The van der Waals surface area contributed by atoms with Crippen LogP contribution in [0.3, 0.4) is 0 Å². The topological polar surface area (TPSA) is 91.3 Å². The van der Waals surface area contributed by atoms with E-state index in [4.69, 9.17) is 23.2 Å². The lowest BCUT2D eigenvalue weighted by atomic mass is 9.95. The van der Waals surface area contributed by atoms with E-state index in [0.717, 1.165) is 12.1 Å². The maximum atomic E-state index is 15.1. The molecule has 2 unspecified atom stereocenters. The fourth-order valence-electron chi connectivity index (χ4n) is 5.10. The maximum absolute atomic E-state index is 15.1. The molecule has 0 fully saturated rings. The molecule has 1 aromatic heterocycles. The Morgan fingerprint density at radius 2 is 1.51 bits per heavy atom. The third kappa shape index (κ3) is 7.28. The Kier molecular flexibility index (Phi) is 9.64. The van der Waals surface area contributed by atoms with Gasteiger partial charge in [-0.05, 0) is 47.0 Å². The summed E-state index contributed by atoms with van der Waals surface area (Å²) in [6.07, 6.45) is -3.81. The molecule has 1 amide bonds. The SMILES string of the molecule is O=C(NC(Cc1ccc(-c2c(Cl)cc(F)cc2Cl)c2cccnc12)C(=O)O)c1c(F)cc(NC(c2ccccc2)C(F)(F)F)cc1F. The number of aromatic nitrogens is 1. The number of carboxylic acids is 1. The Bertz CT molecular complexity index is 1950. The Hall–Kier alpha value is -4.81. The van der Waals surface area contributed by atoms with Crippen molar-refractivity contribution in [3.8, 4) is 11.1 Å². The highest BCUT2D eigenvalue weighted by Crippen LogP contribution is 2.40. The van der Waals surface area contributed by atoms with Crippen LogP contribution in [0.25, 0.3) is 22.0 Å². The number of anilines is 1. The summed E-state index contributed by atoms with van der Waals surface area (Å²) in [4.78, 5) is 29.5. The minimum Gasteiger partial charge on any atom is -0.480 e. The van der Waals surface area contributed by atoms with Gasteiger partial charge in [0.15, 0.2) is 0 Å². The van der Waals surface area contributed by atoms with Gasteiger partial charge in [-0.15, -0.1) is 0 Å². The monoisotopic (exact) mass is 691 g/mol. The molecule has 2 atom stereocenters. The Balaban J connectivity index is 1.42. The highest BCUT2D eigenvalue weighted by atomic mass is 35.5. The van der Waals surface area contributed by atoms with Crippen molar-refractivity contribution in [2.75, 3.05) is 5.32 Å². The molecule has 242 valence electrons. The lowest BCUT2D eigenvalue weighted by Crippen LogP contribution is -2.43. The number of carbonyl (C=O) groups is 2. The molecule has 0 spiro atoms. The molecule has 3 N–H and O–H groups in total. The van der Waals surface area contributed by atoms with Crippen LogP contribution >= 0.6 is 23.2 Å². The zero-order chi connectivity index (χ0) is 34.0. The molecule has 14 heteroatoms. The average molecular weight is 692 g/mol. The van der Waals surface area contributed by atoms with Gasteiger partial charge in [-0.1, -0.05) is 71.7 Å². The Morgan fingerprint density at radius 3 is 2.11 bits per heavy atom. The van der Waals surface area contributed by atoms with Crippen LogP contribution in [-0.4, -0.2) is 34.2 Å². The van der Waals surface area contributed by atoms with E-state index in [1.165, 1.54) is 42.6 Å². The number of halogens is 8. The summed E-state index contributed by atoms with van der Waals surface area (Å²) in [6, 6.07) is 12.0. The van der Waals surface area contributed by atoms with E-state index in [1.807, 2.05) is 5.32 Å². The number of nitrogens with zero attached hydrogens (tertiary/aromatic N) is 1. The smallest absolute Gasteiger partial charge is 0.412 e. The summed E-state index contributed by atoms with van der Waals surface area (Å²) < 4.78 is 85.2. The predicted molar refractivity (Wildman–Crippen MR) is 165 cm³/mol. The molecule has 4 aromatic carbocycles. The fourth-order valence-corrected chi connectivity index (χ4v) is 5.77. The van der Waals surface area contributed by atoms with Gasteiger partial charge in [0.05, 0.1) is 15.6 Å². The number of benzene rings is 4. The van der Waals surface area contributed by atoms with Gasteiger partial charge in [0.2, 0.25) is 0 Å². The molecule has 47 heavy (non-hydrogen) atoms. The number of carboxylic acid groups (broad SMARTS) is 1. The molecular formula is C33H21Cl2F6N3O3. The average Bonchev–Trinajstić information content (AvgIpc) is 2.99. The number of nitrogens with one attached hydrogen (secondary N) is 2. The third-order valence-electron chi connectivity index (χ3n) is 7.20. The molecule has 0 aliphatic rings. The first kappa shape index (κ1) is 33.6. The Labute approximate surface area is 273 Å². The molecule has 0 aliphatic carbocycles. The van der Waals surface area contributed by atoms with Crippen molar-refractivity contribution in [2.45, 2.75) is 24.7 Å². The number of pyridine rings is 1. The third-order valence-corrected chi connectivity index (χ3v) is 7.79. The summed E-state index contributed by atoms with van der Waals surface area (Å²) in [5.74, 6) is -6.70. The summed E-state index contributed by atoms with van der Waals surface area (Å²) >= 11 is 12.5. The van der Waals surface area contributed by atoms with E-state index >= 15 is 8.78 Å². The van der Waals surface area contributed by atoms with E-state index in [1.54, 1.807) is 18.2 Å². The van der Waals surface area contributed by atoms with E-state index < -0.39 is 65.3 Å². The fraction of sp³-hybridized carbons (Fsp3) is 0.121. The van der Waals surface area contributed by atoms with Crippen LogP contribution in [0.1, 0.15) is 27.5 Å². The quantitative estimate of drug-likeness (QED) is 0.135. The van der Waals surface area contributed by atoms with Crippen LogP contribution in [0.5, 0.6) is 0 Å². The number of hydrogen-bond acceptors (Lipinski definition) is 4. The molecule has 6 nitrogen and oxygen atoms in total. The van der Waals surface area contributed by atoms with Gasteiger partial charge >= 0.3 is 12.1 Å². The van der Waals surface area contributed by atoms with Crippen LogP contribution < -0.4 is 10.6 Å². The first-order chi connectivity index (χ1) is 22.2. The number of hydrogen-bond donors (Lipinski definition) is 3. The van der Waals surface area contributed by atoms with Gasteiger partial charge in [-0.2, -0.15) is 13.2 Å². The van der Waals surface area contributed by atoms with E-state index in [2.05, 4.69) is 10.3 Å². The highest BCUT2D eigenvalue weighted by Gasteiger charge is 2.41. The number of carbonyl (C=O) groups excluding carboxylic acids is 1. The van der Waals surface area contributed by atoms with Crippen molar-refractivity contribution in [3.63, 3.8) is 0 Å². The summed E-state index contributed by atoms with van der Waals surface area (Å²) in [7, 11) is 0. The van der Waals surface area contributed by atoms with Crippen molar-refractivity contribution in [1.29, 1.82) is 0 Å². The number of rotatable bonds is 9. The van der Waals surface area contributed by atoms with Crippen molar-refractivity contribution < 1.29 is 41.0 Å². The van der Waals surface area contributed by atoms with Gasteiger partial charge in [0.25, 0.3) is 5.91 Å². The van der Waals surface area contributed by atoms with Crippen molar-refractivity contribution in [2.24, 2.45) is 0 Å². The van der Waals surface area contributed by atoms with Gasteiger partial charge < -0.3 is 15.7 Å².